The number of rotatable bonds is 8. The van der Waals surface area contributed by atoms with Gasteiger partial charge in [0.1, 0.15) is 18.1 Å². The Morgan fingerprint density at radius 2 is 1.69 bits per heavy atom. The molecule has 4 rings (SSSR count). The second-order valence-electron chi connectivity index (χ2n) is 9.50. The minimum atomic E-state index is -1.24. The van der Waals surface area contributed by atoms with Gasteiger partial charge in [-0.3, -0.25) is 9.59 Å². The van der Waals surface area contributed by atoms with Crippen molar-refractivity contribution in [3.8, 4) is 11.1 Å². The number of aliphatic carboxylic acids is 1. The number of carbonyl (C=O) groups excluding carboxylic acids is 2. The molecule has 186 valence electrons. The molecular formula is C27H32N2O6. The van der Waals surface area contributed by atoms with Crippen LogP contribution >= 0.6 is 0 Å². The number of ether oxygens (including phenoxy) is 2. The fourth-order valence-electron chi connectivity index (χ4n) is 5.28. The molecule has 0 radical (unpaired) electrons. The molecule has 0 spiro atoms. The molecule has 1 aliphatic heterocycles. The summed E-state index contributed by atoms with van der Waals surface area (Å²) in [4.78, 5) is 39.3. The predicted octanol–water partition coefficient (Wildman–Crippen LogP) is 3.64. The van der Waals surface area contributed by atoms with Gasteiger partial charge in [-0.2, -0.15) is 0 Å². The zero-order valence-electron chi connectivity index (χ0n) is 20.3. The molecule has 35 heavy (non-hydrogen) atoms. The molecule has 2 amide bonds. The molecule has 0 saturated carbocycles. The van der Waals surface area contributed by atoms with E-state index in [9.17, 15) is 19.5 Å². The quantitative estimate of drug-likeness (QED) is 0.598. The standard InChI is InChI=1S/C27H32N2O6/c1-4-13-27(2,25(32)29(3)23-16-34-14-22(23)24(30)31)28-26(33)35-15-21-19-11-7-5-9-17(19)18-10-6-8-12-20(18)21/h5-12,21-23H,4,13-16H2,1-3H3,(H,28,33)(H,30,31). The smallest absolute Gasteiger partial charge is 0.408 e. The topological polar surface area (TPSA) is 105 Å². The number of likely N-dealkylation sites (N-methyl/N-ethyl adjacent to an activating group) is 1. The molecule has 2 aromatic rings. The van der Waals surface area contributed by atoms with E-state index in [1.807, 2.05) is 43.3 Å². The summed E-state index contributed by atoms with van der Waals surface area (Å²) in [6.07, 6.45) is 0.344. The molecule has 3 unspecified atom stereocenters. The highest BCUT2D eigenvalue weighted by atomic mass is 16.5. The van der Waals surface area contributed by atoms with Crippen LogP contribution in [-0.2, 0) is 19.1 Å². The van der Waals surface area contributed by atoms with Crippen molar-refractivity contribution in [1.82, 2.24) is 10.2 Å². The van der Waals surface area contributed by atoms with Crippen LogP contribution < -0.4 is 5.32 Å². The van der Waals surface area contributed by atoms with Gasteiger partial charge in [-0.15, -0.1) is 0 Å². The Morgan fingerprint density at radius 3 is 2.26 bits per heavy atom. The van der Waals surface area contributed by atoms with Crippen molar-refractivity contribution in [2.24, 2.45) is 5.92 Å². The Hall–Kier alpha value is -3.39. The number of hydrogen-bond acceptors (Lipinski definition) is 5. The molecule has 2 N–H and O–H groups in total. The van der Waals surface area contributed by atoms with Gasteiger partial charge >= 0.3 is 12.1 Å². The van der Waals surface area contributed by atoms with E-state index in [-0.39, 0.29) is 31.6 Å². The maximum atomic E-state index is 13.4. The third-order valence-corrected chi connectivity index (χ3v) is 7.13. The van der Waals surface area contributed by atoms with Crippen LogP contribution in [0.3, 0.4) is 0 Å². The van der Waals surface area contributed by atoms with Crippen LogP contribution in [0.15, 0.2) is 48.5 Å². The van der Waals surface area contributed by atoms with Crippen LogP contribution in [0.2, 0.25) is 0 Å². The second kappa shape index (κ2) is 10.1. The summed E-state index contributed by atoms with van der Waals surface area (Å²) in [6, 6.07) is 15.6. The van der Waals surface area contributed by atoms with Crippen LogP contribution in [0, 0.1) is 5.92 Å². The van der Waals surface area contributed by atoms with Gasteiger partial charge in [0.2, 0.25) is 5.91 Å². The lowest BCUT2D eigenvalue weighted by Crippen LogP contribution is -2.60. The number of carboxylic acid groups (broad SMARTS) is 1. The molecule has 0 bridgehead atoms. The van der Waals surface area contributed by atoms with E-state index in [1.165, 1.54) is 4.90 Å². The Bertz CT molecular complexity index is 1070. The van der Waals surface area contributed by atoms with Gasteiger partial charge < -0.3 is 24.8 Å². The van der Waals surface area contributed by atoms with Gasteiger partial charge in [0.15, 0.2) is 0 Å². The molecule has 8 heteroatoms. The zero-order valence-corrected chi connectivity index (χ0v) is 20.3. The summed E-state index contributed by atoms with van der Waals surface area (Å²) in [5.41, 5.74) is 3.25. The summed E-state index contributed by atoms with van der Waals surface area (Å²) in [5, 5.41) is 12.2. The van der Waals surface area contributed by atoms with Gasteiger partial charge in [-0.05, 0) is 35.6 Å². The number of nitrogens with zero attached hydrogens (tertiary/aromatic N) is 1. The van der Waals surface area contributed by atoms with Gasteiger partial charge in [-0.25, -0.2) is 4.79 Å². The van der Waals surface area contributed by atoms with Crippen molar-refractivity contribution in [2.45, 2.75) is 44.2 Å². The highest BCUT2D eigenvalue weighted by molar-refractivity contribution is 5.90. The van der Waals surface area contributed by atoms with E-state index in [0.717, 1.165) is 22.3 Å². The van der Waals surface area contributed by atoms with Gasteiger partial charge in [0, 0.05) is 13.0 Å². The van der Waals surface area contributed by atoms with Crippen LogP contribution in [0.4, 0.5) is 4.79 Å². The van der Waals surface area contributed by atoms with Gasteiger partial charge in [0.05, 0.1) is 19.3 Å². The van der Waals surface area contributed by atoms with Crippen molar-refractivity contribution in [3.63, 3.8) is 0 Å². The van der Waals surface area contributed by atoms with E-state index in [0.29, 0.717) is 12.8 Å². The SMILES string of the molecule is CCCC(C)(NC(=O)OCC1c2ccccc2-c2ccccc21)C(=O)N(C)C1COCC1C(=O)O. The number of carboxylic acids is 1. The van der Waals surface area contributed by atoms with Crippen molar-refractivity contribution in [1.29, 1.82) is 0 Å². The first-order chi connectivity index (χ1) is 16.8. The maximum absolute atomic E-state index is 13.4. The number of fused-ring (bicyclic) bond motifs is 3. The summed E-state index contributed by atoms with van der Waals surface area (Å²) in [6.45, 7) is 3.92. The maximum Gasteiger partial charge on any atom is 0.408 e. The lowest BCUT2D eigenvalue weighted by Gasteiger charge is -2.36. The lowest BCUT2D eigenvalue weighted by molar-refractivity contribution is -0.146. The van der Waals surface area contributed by atoms with Crippen molar-refractivity contribution in [2.75, 3.05) is 26.9 Å². The second-order valence-corrected chi connectivity index (χ2v) is 9.50. The Balaban J connectivity index is 1.46. The van der Waals surface area contributed by atoms with E-state index in [4.69, 9.17) is 9.47 Å². The fourth-order valence-corrected chi connectivity index (χ4v) is 5.28. The predicted molar refractivity (Wildman–Crippen MR) is 130 cm³/mol. The molecule has 1 fully saturated rings. The van der Waals surface area contributed by atoms with E-state index in [1.54, 1.807) is 14.0 Å². The summed E-state index contributed by atoms with van der Waals surface area (Å²) in [5.74, 6) is -2.26. The third kappa shape index (κ3) is 4.75. The first-order valence-electron chi connectivity index (χ1n) is 12.0. The van der Waals surface area contributed by atoms with E-state index < -0.39 is 29.6 Å². The number of alkyl carbamates (subject to hydrolysis) is 1. The van der Waals surface area contributed by atoms with Crippen LogP contribution in [-0.4, -0.2) is 66.4 Å². The largest absolute Gasteiger partial charge is 0.481 e. The normalized spacial score (nSPS) is 20.4. The third-order valence-electron chi connectivity index (χ3n) is 7.13. The van der Waals surface area contributed by atoms with Crippen LogP contribution in [0.1, 0.15) is 43.7 Å². The van der Waals surface area contributed by atoms with Crippen molar-refractivity contribution < 1.29 is 29.0 Å². The Morgan fingerprint density at radius 1 is 1.09 bits per heavy atom. The molecule has 8 nitrogen and oxygen atoms in total. The summed E-state index contributed by atoms with van der Waals surface area (Å²) < 4.78 is 11.0. The number of carbonyl (C=O) groups is 3. The van der Waals surface area contributed by atoms with Crippen molar-refractivity contribution >= 4 is 18.0 Å². The lowest BCUT2D eigenvalue weighted by atomic mass is 9.92. The average Bonchev–Trinajstić information content (AvgIpc) is 3.45. The number of hydrogen-bond donors (Lipinski definition) is 2. The highest BCUT2D eigenvalue weighted by Crippen LogP contribution is 2.44. The highest BCUT2D eigenvalue weighted by Gasteiger charge is 2.44. The summed E-state index contributed by atoms with van der Waals surface area (Å²) in [7, 11) is 1.56. The van der Waals surface area contributed by atoms with E-state index in [2.05, 4.69) is 17.4 Å². The summed E-state index contributed by atoms with van der Waals surface area (Å²) >= 11 is 0. The Labute approximate surface area is 205 Å². The first kappa shape index (κ1) is 24.7. The van der Waals surface area contributed by atoms with E-state index >= 15 is 0 Å². The zero-order chi connectivity index (χ0) is 25.2. The average molecular weight is 481 g/mol. The van der Waals surface area contributed by atoms with Crippen LogP contribution in [0.25, 0.3) is 11.1 Å². The Kier molecular flexibility index (Phi) is 7.12. The minimum Gasteiger partial charge on any atom is -0.481 e. The van der Waals surface area contributed by atoms with Gasteiger partial charge in [-0.1, -0.05) is 61.9 Å². The van der Waals surface area contributed by atoms with Gasteiger partial charge in [0.25, 0.3) is 0 Å². The van der Waals surface area contributed by atoms with Crippen LogP contribution in [0.5, 0.6) is 0 Å². The van der Waals surface area contributed by atoms with Crippen molar-refractivity contribution in [3.05, 3.63) is 59.7 Å². The number of amides is 2. The molecule has 1 heterocycles. The molecule has 1 aliphatic carbocycles. The number of nitrogens with one attached hydrogen (secondary N) is 1. The monoisotopic (exact) mass is 480 g/mol. The minimum absolute atomic E-state index is 0.0575. The fraction of sp³-hybridized carbons (Fsp3) is 0.444. The molecule has 3 atom stereocenters. The number of benzene rings is 2. The molecule has 2 aromatic carbocycles. The molecule has 0 aromatic heterocycles. The first-order valence-corrected chi connectivity index (χ1v) is 12.0. The molecule has 2 aliphatic rings. The molecule has 1 saturated heterocycles. The molecular weight excluding hydrogens is 448 g/mol.